The van der Waals surface area contributed by atoms with Gasteiger partial charge in [-0.3, -0.25) is 14.5 Å². The van der Waals surface area contributed by atoms with Gasteiger partial charge >= 0.3 is 12.1 Å². The first kappa shape index (κ1) is 34.9. The summed E-state index contributed by atoms with van der Waals surface area (Å²) in [5.41, 5.74) is 6.84. The average molecular weight is 710 g/mol. The Morgan fingerprint density at radius 3 is 2.74 bits per heavy atom. The quantitative estimate of drug-likeness (QED) is 0.132. The van der Waals surface area contributed by atoms with E-state index in [9.17, 15) is 19.2 Å². The summed E-state index contributed by atoms with van der Waals surface area (Å²) in [5, 5.41) is 16.8. The first-order chi connectivity index (χ1) is 22.5. The van der Waals surface area contributed by atoms with E-state index in [4.69, 9.17) is 19.9 Å². The van der Waals surface area contributed by atoms with Crippen LogP contribution in [0.3, 0.4) is 0 Å². The van der Waals surface area contributed by atoms with Crippen LogP contribution in [-0.4, -0.2) is 115 Å². The molecule has 5 rings (SSSR count). The predicted octanol–water partition coefficient (Wildman–Crippen LogP) is 1.88. The van der Waals surface area contributed by atoms with Gasteiger partial charge in [-0.25, -0.2) is 19.3 Å². The number of carbonyl (C=O) groups excluding carboxylic acids is 4. The van der Waals surface area contributed by atoms with Crippen molar-refractivity contribution < 1.29 is 33.4 Å². The maximum atomic E-state index is 13.7. The summed E-state index contributed by atoms with van der Waals surface area (Å²) in [6, 6.07) is -0.847. The molecular weight excluding hydrogens is 671 g/mol. The van der Waals surface area contributed by atoms with E-state index in [1.165, 1.54) is 46.7 Å². The van der Waals surface area contributed by atoms with Crippen molar-refractivity contribution >= 4 is 63.9 Å². The number of carbonyl (C=O) groups is 4. The number of nitrogens with zero attached hydrogens (tertiary/aromatic N) is 7. The van der Waals surface area contributed by atoms with Gasteiger partial charge in [0.25, 0.3) is 5.91 Å². The number of hydrogen-bond acceptors (Lipinski definition) is 16. The number of amides is 2. The van der Waals surface area contributed by atoms with E-state index < -0.39 is 35.7 Å². The van der Waals surface area contributed by atoms with Crippen LogP contribution in [-0.2, 0) is 41.6 Å². The van der Waals surface area contributed by atoms with Crippen LogP contribution in [0.4, 0.5) is 9.93 Å². The van der Waals surface area contributed by atoms with E-state index >= 15 is 0 Å². The zero-order valence-corrected chi connectivity index (χ0v) is 29.1. The molecule has 0 bridgehead atoms. The average Bonchev–Trinajstić information content (AvgIpc) is 3.65. The molecule has 0 aromatic carbocycles. The number of esters is 1. The highest BCUT2D eigenvalue weighted by Crippen LogP contribution is 2.42. The molecular formula is C28H39N9O7S3. The van der Waals surface area contributed by atoms with Crippen LogP contribution >= 0.6 is 34.9 Å². The zero-order valence-electron chi connectivity index (χ0n) is 26.6. The SMILES string of the molecule is CC(OC(=O)O[C@@H]1CCCC[C@H]1C)OC(=O)C1=C(CSc2nnnn2CCN(C)C)CS[C@H]2C(NC(=O)Cc3csc(N)n3)C(=O)N12. The van der Waals surface area contributed by atoms with E-state index in [1.54, 1.807) is 10.1 Å². The lowest BCUT2D eigenvalue weighted by Gasteiger charge is -2.49. The number of β-lactam (4-membered cyclic amide) rings is 1. The number of ether oxygens (including phenoxy) is 3. The molecule has 2 aliphatic heterocycles. The molecule has 19 heteroatoms. The van der Waals surface area contributed by atoms with Crippen molar-refractivity contribution in [3.05, 3.63) is 22.3 Å². The van der Waals surface area contributed by atoms with Crippen LogP contribution in [0.15, 0.2) is 21.8 Å². The maximum Gasteiger partial charge on any atom is 0.511 e. The number of fused-ring (bicyclic) bond motifs is 1. The summed E-state index contributed by atoms with van der Waals surface area (Å²) >= 11 is 3.97. The van der Waals surface area contributed by atoms with Gasteiger partial charge in [0, 0.05) is 30.4 Å². The van der Waals surface area contributed by atoms with Gasteiger partial charge in [0.05, 0.1) is 18.7 Å². The Bertz CT molecular complexity index is 1500. The fourth-order valence-corrected chi connectivity index (χ4v) is 8.39. The van der Waals surface area contributed by atoms with Gasteiger partial charge in [-0.05, 0) is 55.3 Å². The van der Waals surface area contributed by atoms with Gasteiger partial charge < -0.3 is 30.2 Å². The maximum absolute atomic E-state index is 13.7. The zero-order chi connectivity index (χ0) is 33.7. The van der Waals surface area contributed by atoms with Gasteiger partial charge in [-0.2, -0.15) is 0 Å². The molecule has 3 N–H and O–H groups in total. The molecule has 2 fully saturated rings. The second-order valence-electron chi connectivity index (χ2n) is 11.8. The summed E-state index contributed by atoms with van der Waals surface area (Å²) in [6.07, 6.45) is 1.29. The molecule has 47 heavy (non-hydrogen) atoms. The number of thiazole rings is 1. The number of nitrogens with one attached hydrogen (secondary N) is 1. The Hall–Kier alpha value is -3.42. The lowest BCUT2D eigenvalue weighted by molar-refractivity contribution is -0.170. The number of aromatic nitrogens is 5. The largest absolute Gasteiger partial charge is 0.511 e. The van der Waals surface area contributed by atoms with Crippen LogP contribution in [0.5, 0.6) is 0 Å². The van der Waals surface area contributed by atoms with Gasteiger partial charge in [-0.15, -0.1) is 28.2 Å². The minimum atomic E-state index is -1.28. The Balaban J connectivity index is 1.28. The van der Waals surface area contributed by atoms with Crippen molar-refractivity contribution in [1.29, 1.82) is 0 Å². The number of hydrogen-bond donors (Lipinski definition) is 2. The Kier molecular flexibility index (Phi) is 11.6. The first-order valence-electron chi connectivity index (χ1n) is 15.3. The first-order valence-corrected chi connectivity index (χ1v) is 18.2. The molecule has 5 atom stereocenters. The second kappa shape index (κ2) is 15.7. The van der Waals surface area contributed by atoms with Crippen LogP contribution in [0.2, 0.25) is 0 Å². The molecule has 2 unspecified atom stereocenters. The molecule has 2 aromatic heterocycles. The van der Waals surface area contributed by atoms with Crippen molar-refractivity contribution in [2.24, 2.45) is 5.92 Å². The fraction of sp³-hybridized carbons (Fsp3) is 0.643. The molecule has 256 valence electrons. The Labute approximate surface area is 284 Å². The molecule has 0 spiro atoms. The molecule has 1 saturated carbocycles. The minimum Gasteiger partial charge on any atom is -0.431 e. The number of tetrazole rings is 1. The number of likely N-dealkylation sites (N-methyl/N-ethyl adjacent to an activating group) is 1. The molecule has 2 aromatic rings. The minimum absolute atomic E-state index is 0.0331. The Morgan fingerprint density at radius 2 is 2.02 bits per heavy atom. The van der Waals surface area contributed by atoms with Crippen molar-refractivity contribution in [2.75, 3.05) is 37.9 Å². The third kappa shape index (κ3) is 8.74. The number of thioether (sulfide) groups is 2. The summed E-state index contributed by atoms with van der Waals surface area (Å²) in [7, 11) is 3.90. The smallest absolute Gasteiger partial charge is 0.431 e. The van der Waals surface area contributed by atoms with E-state index in [1.807, 2.05) is 25.9 Å². The number of anilines is 1. The third-order valence-electron chi connectivity index (χ3n) is 7.92. The van der Waals surface area contributed by atoms with Crippen LogP contribution < -0.4 is 11.1 Å². The lowest BCUT2D eigenvalue weighted by atomic mass is 9.88. The van der Waals surface area contributed by atoms with Crippen molar-refractivity contribution in [3.63, 3.8) is 0 Å². The van der Waals surface area contributed by atoms with Gasteiger partial charge in [0.2, 0.25) is 17.4 Å². The van der Waals surface area contributed by atoms with Gasteiger partial charge in [0.15, 0.2) is 5.13 Å². The molecule has 4 heterocycles. The highest BCUT2D eigenvalue weighted by Gasteiger charge is 2.54. The summed E-state index contributed by atoms with van der Waals surface area (Å²) in [4.78, 5) is 59.8. The molecule has 1 saturated heterocycles. The lowest BCUT2D eigenvalue weighted by Crippen LogP contribution is -2.70. The highest BCUT2D eigenvalue weighted by molar-refractivity contribution is 8.01. The van der Waals surface area contributed by atoms with Gasteiger partial charge in [0.1, 0.15) is 23.2 Å². The van der Waals surface area contributed by atoms with Crippen LogP contribution in [0.1, 0.15) is 45.2 Å². The monoisotopic (exact) mass is 709 g/mol. The summed E-state index contributed by atoms with van der Waals surface area (Å²) < 4.78 is 18.0. The van der Waals surface area contributed by atoms with E-state index in [2.05, 4.69) is 25.8 Å². The molecule has 2 amide bonds. The topological polar surface area (TPSA) is 197 Å². The summed E-state index contributed by atoms with van der Waals surface area (Å²) in [6.45, 7) is 4.73. The standard InChI is InChI=1S/C28H39N9O7S3/c1-15-7-5-6-8-19(15)44-28(41)43-16(2)42-25(40)22-17(13-47-27-32-33-34-36(27)10-9-35(3)4)12-45-24-21(23(39)37(22)24)31-20(38)11-18-14-46-26(29)30-18/h14-16,19,21,24H,5-13H2,1-4H3,(H2,29,30)(H,31,38)/t15-,16?,19-,21?,24+/m1/s1. The normalized spacial score (nSPS) is 23.2. The molecule has 1 aliphatic carbocycles. The number of rotatable bonds is 13. The van der Waals surface area contributed by atoms with E-state index in [0.29, 0.717) is 33.9 Å². The van der Waals surface area contributed by atoms with E-state index in [-0.39, 0.29) is 35.8 Å². The molecule has 16 nitrogen and oxygen atoms in total. The van der Waals surface area contributed by atoms with E-state index in [0.717, 1.165) is 32.2 Å². The summed E-state index contributed by atoms with van der Waals surface area (Å²) in [5.74, 6) is -0.809. The third-order valence-corrected chi connectivity index (χ3v) is 11.0. The van der Waals surface area contributed by atoms with Crippen LogP contribution in [0, 0.1) is 5.92 Å². The molecule has 3 aliphatic rings. The fourth-order valence-electron chi connectivity index (χ4n) is 5.44. The number of nitrogen functional groups attached to an aromatic ring is 1. The second-order valence-corrected chi connectivity index (χ2v) is 14.7. The Morgan fingerprint density at radius 1 is 1.23 bits per heavy atom. The van der Waals surface area contributed by atoms with Crippen LogP contribution in [0.25, 0.3) is 0 Å². The van der Waals surface area contributed by atoms with Crippen molar-refractivity contribution in [2.45, 2.75) is 81.5 Å². The van der Waals surface area contributed by atoms with Gasteiger partial charge in [-0.1, -0.05) is 25.1 Å². The highest BCUT2D eigenvalue weighted by atomic mass is 32.2. The van der Waals surface area contributed by atoms with Crippen molar-refractivity contribution in [3.8, 4) is 0 Å². The van der Waals surface area contributed by atoms with Crippen molar-refractivity contribution in [1.82, 2.24) is 40.3 Å². The number of nitrogens with two attached hydrogens (primary N) is 1. The molecule has 0 radical (unpaired) electrons. The predicted molar refractivity (Wildman–Crippen MR) is 174 cm³/mol.